The Morgan fingerprint density at radius 2 is 1.94 bits per heavy atom. The van der Waals surface area contributed by atoms with E-state index in [0.29, 0.717) is 0 Å². The molecule has 0 aliphatic carbocycles. The molecule has 0 spiro atoms. The summed E-state index contributed by atoms with van der Waals surface area (Å²) < 4.78 is 27.2. The summed E-state index contributed by atoms with van der Waals surface area (Å²) in [6.45, 7) is 0.0381. The first-order valence-corrected chi connectivity index (χ1v) is 4.48. The Labute approximate surface area is 88.8 Å². The number of aromatic amines is 1. The molecule has 0 aliphatic heterocycles. The van der Waals surface area contributed by atoms with Crippen molar-refractivity contribution in [3.8, 4) is 5.75 Å². The first kappa shape index (κ1) is 10.4. The van der Waals surface area contributed by atoms with E-state index < -0.39 is 17.4 Å². The zero-order valence-corrected chi connectivity index (χ0v) is 8.08. The van der Waals surface area contributed by atoms with Crippen LogP contribution in [-0.4, -0.2) is 14.7 Å². The molecule has 0 aliphatic rings. The second-order valence-corrected chi connectivity index (χ2v) is 3.30. The molecule has 1 heterocycles. The Balaban J connectivity index is 2.36. The lowest BCUT2D eigenvalue weighted by Crippen LogP contribution is -2.16. The van der Waals surface area contributed by atoms with Gasteiger partial charge in [0.2, 0.25) is 0 Å². The number of phenolic OH excluding ortho intramolecular Hbond substituents is 1. The molecule has 16 heavy (non-hydrogen) atoms. The average Bonchev–Trinajstić information content (AvgIpc) is 2.61. The first-order chi connectivity index (χ1) is 7.58. The molecule has 2 aromatic rings. The third-order valence-corrected chi connectivity index (χ3v) is 2.15. The van der Waals surface area contributed by atoms with Crippen molar-refractivity contribution < 1.29 is 13.9 Å². The highest BCUT2D eigenvalue weighted by Gasteiger charge is 2.10. The van der Waals surface area contributed by atoms with E-state index in [0.717, 1.165) is 12.1 Å². The van der Waals surface area contributed by atoms with E-state index >= 15 is 0 Å². The van der Waals surface area contributed by atoms with Gasteiger partial charge in [-0.15, -0.1) is 0 Å². The maximum Gasteiger partial charge on any atom is 0.325 e. The van der Waals surface area contributed by atoms with Gasteiger partial charge in [0, 0.05) is 12.4 Å². The molecule has 0 saturated heterocycles. The Morgan fingerprint density at radius 1 is 1.31 bits per heavy atom. The lowest BCUT2D eigenvalue weighted by Gasteiger charge is -2.04. The quantitative estimate of drug-likeness (QED) is 0.808. The summed E-state index contributed by atoms with van der Waals surface area (Å²) in [4.78, 5) is 13.5. The molecule has 2 N–H and O–H groups in total. The molecule has 1 aromatic heterocycles. The Kier molecular flexibility index (Phi) is 2.47. The average molecular weight is 226 g/mol. The van der Waals surface area contributed by atoms with Crippen molar-refractivity contribution in [3.05, 3.63) is 52.2 Å². The van der Waals surface area contributed by atoms with Gasteiger partial charge in [-0.25, -0.2) is 13.6 Å². The molecule has 1 aromatic carbocycles. The lowest BCUT2D eigenvalue weighted by molar-refractivity contribution is 0.395. The maximum atomic E-state index is 13.0. The van der Waals surface area contributed by atoms with Gasteiger partial charge < -0.3 is 10.1 Å². The van der Waals surface area contributed by atoms with Crippen LogP contribution in [0.2, 0.25) is 0 Å². The predicted molar refractivity (Wildman–Crippen MR) is 52.2 cm³/mol. The van der Waals surface area contributed by atoms with E-state index in [-0.39, 0.29) is 17.8 Å². The van der Waals surface area contributed by atoms with Crippen molar-refractivity contribution in [2.45, 2.75) is 6.54 Å². The van der Waals surface area contributed by atoms with Gasteiger partial charge in [-0.2, -0.15) is 0 Å². The zero-order valence-electron chi connectivity index (χ0n) is 8.08. The Bertz CT molecular complexity index is 551. The molecule has 0 radical (unpaired) electrons. The molecule has 0 amide bonds. The van der Waals surface area contributed by atoms with E-state index in [1.807, 2.05) is 0 Å². The van der Waals surface area contributed by atoms with Crippen molar-refractivity contribution in [2.24, 2.45) is 0 Å². The van der Waals surface area contributed by atoms with Crippen LogP contribution in [0.3, 0.4) is 0 Å². The predicted octanol–water partition coefficient (Wildman–Crippen LogP) is 1.21. The molecular weight excluding hydrogens is 218 g/mol. The van der Waals surface area contributed by atoms with Crippen molar-refractivity contribution >= 4 is 0 Å². The number of benzene rings is 1. The van der Waals surface area contributed by atoms with Crippen LogP contribution in [0.5, 0.6) is 5.75 Å². The second-order valence-electron chi connectivity index (χ2n) is 3.30. The maximum absolute atomic E-state index is 13.0. The second kappa shape index (κ2) is 3.80. The number of nitrogens with one attached hydrogen (secondary N) is 1. The molecule has 0 atom stereocenters. The minimum atomic E-state index is -1.04. The molecule has 6 heteroatoms. The van der Waals surface area contributed by atoms with Crippen molar-refractivity contribution in [1.82, 2.24) is 9.55 Å². The van der Waals surface area contributed by atoms with Gasteiger partial charge in [0.25, 0.3) is 0 Å². The number of phenols is 1. The highest BCUT2D eigenvalue weighted by Crippen LogP contribution is 2.21. The number of aromatic hydroxyl groups is 1. The standard InChI is InChI=1S/C10H8F2N2O2/c11-7-3-6(4-8(12)9(7)15)5-14-2-1-13-10(14)16/h1-4,15H,5H2,(H,13,16). The molecule has 0 bridgehead atoms. The van der Waals surface area contributed by atoms with Gasteiger partial charge in [0.15, 0.2) is 17.4 Å². The molecular formula is C10H8F2N2O2. The van der Waals surface area contributed by atoms with Gasteiger partial charge in [0.05, 0.1) is 6.54 Å². The van der Waals surface area contributed by atoms with E-state index in [2.05, 4.69) is 4.98 Å². The van der Waals surface area contributed by atoms with Crippen LogP contribution in [0.25, 0.3) is 0 Å². The molecule has 2 rings (SSSR count). The summed E-state index contributed by atoms with van der Waals surface area (Å²) in [5.41, 5.74) is -0.108. The molecule has 0 unspecified atom stereocenters. The number of nitrogens with zero attached hydrogens (tertiary/aromatic N) is 1. The van der Waals surface area contributed by atoms with Gasteiger partial charge in [-0.05, 0) is 17.7 Å². The van der Waals surface area contributed by atoms with Crippen LogP contribution >= 0.6 is 0 Å². The van der Waals surface area contributed by atoms with E-state index in [9.17, 15) is 13.6 Å². The number of hydrogen-bond donors (Lipinski definition) is 2. The van der Waals surface area contributed by atoms with Crippen LogP contribution in [0.15, 0.2) is 29.3 Å². The van der Waals surface area contributed by atoms with Gasteiger partial charge >= 0.3 is 5.69 Å². The van der Waals surface area contributed by atoms with Crippen molar-refractivity contribution in [3.63, 3.8) is 0 Å². The minimum absolute atomic E-state index is 0.0381. The Hall–Kier alpha value is -2.11. The summed E-state index contributed by atoms with van der Waals surface area (Å²) in [6.07, 6.45) is 2.89. The summed E-state index contributed by atoms with van der Waals surface area (Å²) in [7, 11) is 0. The summed E-state index contributed by atoms with van der Waals surface area (Å²) in [5, 5.41) is 8.89. The smallest absolute Gasteiger partial charge is 0.325 e. The summed E-state index contributed by atoms with van der Waals surface area (Å²) in [5.74, 6) is -3.10. The number of halogens is 2. The van der Waals surface area contributed by atoms with Gasteiger partial charge in [-0.3, -0.25) is 4.57 Å². The van der Waals surface area contributed by atoms with Gasteiger partial charge in [-0.1, -0.05) is 0 Å². The number of H-pyrrole nitrogens is 1. The van der Waals surface area contributed by atoms with E-state index in [4.69, 9.17) is 5.11 Å². The summed E-state index contributed by atoms with van der Waals surface area (Å²) >= 11 is 0. The van der Waals surface area contributed by atoms with Crippen LogP contribution in [0.4, 0.5) is 8.78 Å². The fraction of sp³-hybridized carbons (Fsp3) is 0.100. The number of hydrogen-bond acceptors (Lipinski definition) is 2. The van der Waals surface area contributed by atoms with E-state index in [1.165, 1.54) is 17.0 Å². The monoisotopic (exact) mass is 226 g/mol. The Morgan fingerprint density at radius 3 is 2.44 bits per heavy atom. The fourth-order valence-corrected chi connectivity index (χ4v) is 1.38. The SMILES string of the molecule is O=c1[nH]ccn1Cc1cc(F)c(O)c(F)c1. The lowest BCUT2D eigenvalue weighted by atomic mass is 10.2. The molecule has 84 valence electrons. The highest BCUT2D eigenvalue weighted by atomic mass is 19.1. The molecule has 0 fully saturated rings. The number of aromatic nitrogens is 2. The molecule has 4 nitrogen and oxygen atoms in total. The topological polar surface area (TPSA) is 58.0 Å². The minimum Gasteiger partial charge on any atom is -0.503 e. The number of imidazole rings is 1. The zero-order chi connectivity index (χ0) is 11.7. The largest absolute Gasteiger partial charge is 0.503 e. The summed E-state index contributed by atoms with van der Waals surface area (Å²) in [6, 6.07) is 1.97. The van der Waals surface area contributed by atoms with Crippen LogP contribution in [0.1, 0.15) is 5.56 Å². The highest BCUT2D eigenvalue weighted by molar-refractivity contribution is 5.30. The van der Waals surface area contributed by atoms with E-state index in [1.54, 1.807) is 0 Å². The van der Waals surface area contributed by atoms with Crippen LogP contribution < -0.4 is 5.69 Å². The fourth-order valence-electron chi connectivity index (χ4n) is 1.38. The van der Waals surface area contributed by atoms with Crippen LogP contribution in [0, 0.1) is 11.6 Å². The van der Waals surface area contributed by atoms with Crippen molar-refractivity contribution in [1.29, 1.82) is 0 Å². The van der Waals surface area contributed by atoms with Crippen molar-refractivity contribution in [2.75, 3.05) is 0 Å². The third kappa shape index (κ3) is 1.81. The van der Waals surface area contributed by atoms with Crippen LogP contribution in [-0.2, 0) is 6.54 Å². The van der Waals surface area contributed by atoms with Gasteiger partial charge in [0.1, 0.15) is 0 Å². The normalized spacial score (nSPS) is 10.6. The first-order valence-electron chi connectivity index (χ1n) is 4.48. The number of rotatable bonds is 2. The third-order valence-electron chi connectivity index (χ3n) is 2.15. The molecule has 0 saturated carbocycles.